The van der Waals surface area contributed by atoms with E-state index in [4.69, 9.17) is 14.7 Å². The molecule has 6 nitrogen and oxygen atoms in total. The van der Waals surface area contributed by atoms with E-state index in [9.17, 15) is 4.39 Å². The Morgan fingerprint density at radius 3 is 2.56 bits per heavy atom. The number of halogens is 1. The highest BCUT2D eigenvalue weighted by Gasteiger charge is 2.27. The van der Waals surface area contributed by atoms with Gasteiger partial charge in [0.05, 0.1) is 25.1 Å². The fourth-order valence-corrected chi connectivity index (χ4v) is 6.73. The highest BCUT2D eigenvalue weighted by atomic mass is 32.1. The molecule has 0 amide bonds. The molecule has 1 aromatic carbocycles. The standard InChI is InChI=1S/C26H32FN5OS/c27-18-5-7-19(8-6-18)28-20-9-11-32(12-10-20)25-24-21-3-1-2-4-22(21)34-26(24)30-23(29-25)17-31-13-15-33-16-14-31/h5-8,20,28H,1-4,9-17H2. The first kappa shape index (κ1) is 22.2. The topological polar surface area (TPSA) is 53.5 Å². The molecule has 2 aromatic heterocycles. The third kappa shape index (κ3) is 4.63. The summed E-state index contributed by atoms with van der Waals surface area (Å²) < 4.78 is 18.8. The first-order chi connectivity index (χ1) is 16.7. The maximum Gasteiger partial charge on any atom is 0.146 e. The van der Waals surface area contributed by atoms with Gasteiger partial charge < -0.3 is 15.0 Å². The molecule has 8 heteroatoms. The Labute approximate surface area is 204 Å². The van der Waals surface area contributed by atoms with E-state index in [2.05, 4.69) is 15.1 Å². The molecule has 0 saturated carbocycles. The number of anilines is 2. The van der Waals surface area contributed by atoms with Gasteiger partial charge in [0.15, 0.2) is 0 Å². The minimum Gasteiger partial charge on any atom is -0.382 e. The van der Waals surface area contributed by atoms with Crippen LogP contribution in [0.5, 0.6) is 0 Å². The predicted octanol–water partition coefficient (Wildman–Crippen LogP) is 4.62. The van der Waals surface area contributed by atoms with Crippen molar-refractivity contribution in [2.24, 2.45) is 0 Å². The molecule has 0 radical (unpaired) electrons. The summed E-state index contributed by atoms with van der Waals surface area (Å²) >= 11 is 1.89. The molecule has 34 heavy (non-hydrogen) atoms. The maximum absolute atomic E-state index is 13.3. The first-order valence-corrected chi connectivity index (χ1v) is 13.4. The van der Waals surface area contributed by atoms with E-state index in [1.54, 1.807) is 0 Å². The lowest BCUT2D eigenvalue weighted by Crippen LogP contribution is -2.40. The Bertz CT molecular complexity index is 1140. The second-order valence-electron chi connectivity index (χ2n) is 9.66. The van der Waals surface area contributed by atoms with E-state index >= 15 is 0 Å². The number of rotatable bonds is 5. The Morgan fingerprint density at radius 1 is 1.00 bits per heavy atom. The molecule has 1 aliphatic carbocycles. The van der Waals surface area contributed by atoms with Crippen LogP contribution in [0.1, 0.15) is 41.9 Å². The van der Waals surface area contributed by atoms with Crippen molar-refractivity contribution in [1.82, 2.24) is 14.9 Å². The Kier molecular flexibility index (Phi) is 6.37. The first-order valence-electron chi connectivity index (χ1n) is 12.6. The van der Waals surface area contributed by atoms with Crippen LogP contribution in [0.2, 0.25) is 0 Å². The molecular formula is C26H32FN5OS. The van der Waals surface area contributed by atoms with Crippen molar-refractivity contribution in [3.8, 4) is 0 Å². The number of hydrogen-bond acceptors (Lipinski definition) is 7. The number of morpholine rings is 1. The summed E-state index contributed by atoms with van der Waals surface area (Å²) in [5.74, 6) is 1.89. The fourth-order valence-electron chi connectivity index (χ4n) is 5.46. The summed E-state index contributed by atoms with van der Waals surface area (Å²) in [6.07, 6.45) is 6.94. The van der Waals surface area contributed by atoms with Crippen molar-refractivity contribution in [2.45, 2.75) is 51.1 Å². The molecule has 3 aliphatic rings. The van der Waals surface area contributed by atoms with Crippen LogP contribution in [0.4, 0.5) is 15.9 Å². The molecule has 180 valence electrons. The highest BCUT2D eigenvalue weighted by molar-refractivity contribution is 7.19. The van der Waals surface area contributed by atoms with Gasteiger partial charge in [0, 0.05) is 42.8 Å². The fraction of sp³-hybridized carbons (Fsp3) is 0.538. The zero-order valence-corrected chi connectivity index (χ0v) is 20.4. The number of nitrogens with zero attached hydrogens (tertiary/aromatic N) is 4. The minimum atomic E-state index is -0.194. The molecule has 0 atom stereocenters. The van der Waals surface area contributed by atoms with Crippen LogP contribution >= 0.6 is 11.3 Å². The number of fused-ring (bicyclic) bond motifs is 3. The van der Waals surface area contributed by atoms with Gasteiger partial charge >= 0.3 is 0 Å². The summed E-state index contributed by atoms with van der Waals surface area (Å²) in [6, 6.07) is 7.08. The lowest BCUT2D eigenvalue weighted by Gasteiger charge is -2.34. The summed E-state index contributed by atoms with van der Waals surface area (Å²) in [5, 5.41) is 4.90. The second kappa shape index (κ2) is 9.76. The number of thiophene rings is 1. The Morgan fingerprint density at radius 2 is 1.76 bits per heavy atom. The molecule has 2 aliphatic heterocycles. The predicted molar refractivity (Wildman–Crippen MR) is 135 cm³/mol. The summed E-state index contributed by atoms with van der Waals surface area (Å²) in [6.45, 7) is 6.18. The zero-order chi connectivity index (χ0) is 22.9. The van der Waals surface area contributed by atoms with Crippen LogP contribution in [-0.2, 0) is 24.1 Å². The van der Waals surface area contributed by atoms with E-state index < -0.39 is 0 Å². The van der Waals surface area contributed by atoms with Gasteiger partial charge in [0.1, 0.15) is 22.3 Å². The maximum atomic E-state index is 13.3. The van der Waals surface area contributed by atoms with Gasteiger partial charge in [-0.1, -0.05) is 0 Å². The van der Waals surface area contributed by atoms with Gasteiger partial charge in [-0.15, -0.1) is 11.3 Å². The van der Waals surface area contributed by atoms with Crippen LogP contribution in [0.3, 0.4) is 0 Å². The molecule has 1 N–H and O–H groups in total. The van der Waals surface area contributed by atoms with Gasteiger partial charge in [-0.2, -0.15) is 0 Å². The molecular weight excluding hydrogens is 449 g/mol. The summed E-state index contributed by atoms with van der Waals surface area (Å²) in [7, 11) is 0. The van der Waals surface area contributed by atoms with Crippen molar-refractivity contribution >= 4 is 33.1 Å². The minimum absolute atomic E-state index is 0.194. The third-order valence-electron chi connectivity index (χ3n) is 7.32. The number of benzene rings is 1. The number of ether oxygens (including phenoxy) is 1. The monoisotopic (exact) mass is 481 g/mol. The van der Waals surface area contributed by atoms with Crippen molar-refractivity contribution in [1.29, 1.82) is 0 Å². The van der Waals surface area contributed by atoms with E-state index in [1.807, 2.05) is 23.5 Å². The molecule has 4 heterocycles. The highest BCUT2D eigenvalue weighted by Crippen LogP contribution is 2.40. The number of aryl methyl sites for hydroxylation is 2. The van der Waals surface area contributed by atoms with Gasteiger partial charge in [0.25, 0.3) is 0 Å². The molecule has 0 spiro atoms. The van der Waals surface area contributed by atoms with Gasteiger partial charge in [-0.05, 0) is 68.4 Å². The number of hydrogen-bond donors (Lipinski definition) is 1. The van der Waals surface area contributed by atoms with E-state index in [0.717, 1.165) is 82.5 Å². The SMILES string of the molecule is Fc1ccc(NC2CCN(c3nc(CN4CCOCC4)nc4sc5c(c34)CCCC5)CC2)cc1. The van der Waals surface area contributed by atoms with Crippen LogP contribution in [0, 0.1) is 5.82 Å². The molecule has 3 aromatic rings. The smallest absolute Gasteiger partial charge is 0.146 e. The van der Waals surface area contributed by atoms with E-state index in [0.29, 0.717) is 6.04 Å². The largest absolute Gasteiger partial charge is 0.382 e. The van der Waals surface area contributed by atoms with Crippen LogP contribution in [0.25, 0.3) is 10.2 Å². The lowest BCUT2D eigenvalue weighted by atomic mass is 9.96. The van der Waals surface area contributed by atoms with Crippen LogP contribution in [-0.4, -0.2) is 60.3 Å². The van der Waals surface area contributed by atoms with Crippen molar-refractivity contribution in [3.05, 3.63) is 46.3 Å². The molecule has 0 bridgehead atoms. The molecule has 2 fully saturated rings. The molecule has 6 rings (SSSR count). The Balaban J connectivity index is 1.25. The quantitative estimate of drug-likeness (QED) is 0.574. The zero-order valence-electron chi connectivity index (χ0n) is 19.6. The molecule has 0 unspecified atom stereocenters. The van der Waals surface area contributed by atoms with Gasteiger partial charge in [-0.25, -0.2) is 14.4 Å². The van der Waals surface area contributed by atoms with Gasteiger partial charge in [-0.3, -0.25) is 4.90 Å². The third-order valence-corrected chi connectivity index (χ3v) is 8.51. The summed E-state index contributed by atoms with van der Waals surface area (Å²) in [4.78, 5) is 17.8. The van der Waals surface area contributed by atoms with Crippen LogP contribution in [0.15, 0.2) is 24.3 Å². The number of aromatic nitrogens is 2. The van der Waals surface area contributed by atoms with Crippen molar-refractivity contribution in [2.75, 3.05) is 49.6 Å². The number of piperidine rings is 1. The average Bonchev–Trinajstić information content (AvgIpc) is 3.24. The van der Waals surface area contributed by atoms with E-state index in [-0.39, 0.29) is 5.82 Å². The average molecular weight is 482 g/mol. The second-order valence-corrected chi connectivity index (χ2v) is 10.7. The molecule has 2 saturated heterocycles. The van der Waals surface area contributed by atoms with E-state index in [1.165, 1.54) is 52.1 Å². The van der Waals surface area contributed by atoms with Crippen molar-refractivity contribution < 1.29 is 9.13 Å². The lowest BCUT2D eigenvalue weighted by molar-refractivity contribution is 0.0331. The van der Waals surface area contributed by atoms with Gasteiger partial charge in [0.2, 0.25) is 0 Å². The normalized spacial score (nSPS) is 20.0. The van der Waals surface area contributed by atoms with Crippen molar-refractivity contribution in [3.63, 3.8) is 0 Å². The number of nitrogens with one attached hydrogen (secondary N) is 1. The van der Waals surface area contributed by atoms with Crippen LogP contribution < -0.4 is 10.2 Å². The Hall–Kier alpha value is -2.29. The summed E-state index contributed by atoms with van der Waals surface area (Å²) in [5.41, 5.74) is 2.50.